The summed E-state index contributed by atoms with van der Waals surface area (Å²) in [6.07, 6.45) is 12.8. The lowest BCUT2D eigenvalue weighted by atomic mass is 10.1. The average molecular weight is 252 g/mol. The van der Waals surface area contributed by atoms with Gasteiger partial charge in [0.25, 0.3) is 0 Å². The lowest BCUT2D eigenvalue weighted by molar-refractivity contribution is 0.547. The molecule has 0 bridgehead atoms. The first-order valence-corrected chi connectivity index (χ1v) is 7.39. The Morgan fingerprint density at radius 1 is 1.06 bits per heavy atom. The number of hydrogen-bond acceptors (Lipinski definition) is 3. The lowest BCUT2D eigenvalue weighted by Gasteiger charge is -2.04. The summed E-state index contributed by atoms with van der Waals surface area (Å²) in [7, 11) is 1.93. The van der Waals surface area contributed by atoms with E-state index in [9.17, 15) is 0 Å². The molecule has 4 heteroatoms. The molecule has 4 nitrogen and oxygen atoms in total. The van der Waals surface area contributed by atoms with Crippen LogP contribution in [0.1, 0.15) is 64.0 Å². The largest absolute Gasteiger partial charge is 0.311 e. The van der Waals surface area contributed by atoms with Crippen LogP contribution in [0.2, 0.25) is 0 Å². The van der Waals surface area contributed by atoms with Gasteiger partial charge >= 0.3 is 0 Å². The number of nitrogens with one attached hydrogen (secondary N) is 1. The van der Waals surface area contributed by atoms with Gasteiger partial charge in [0.05, 0.1) is 11.9 Å². The third kappa shape index (κ3) is 6.74. The topological polar surface area (TPSA) is 42.7 Å². The van der Waals surface area contributed by atoms with Crippen molar-refractivity contribution in [3.63, 3.8) is 0 Å². The molecule has 0 unspecified atom stereocenters. The minimum atomic E-state index is 0.875. The summed E-state index contributed by atoms with van der Waals surface area (Å²) in [4.78, 5) is 0. The normalized spacial score (nSPS) is 11.0. The average Bonchev–Trinajstić information content (AvgIpc) is 2.77. The fourth-order valence-corrected chi connectivity index (χ4v) is 2.07. The molecule has 1 N–H and O–H groups in total. The molecule has 1 heterocycles. The van der Waals surface area contributed by atoms with Crippen LogP contribution >= 0.6 is 0 Å². The lowest BCUT2D eigenvalue weighted by Crippen LogP contribution is -2.16. The second-order valence-corrected chi connectivity index (χ2v) is 5.00. The number of aromatic nitrogens is 3. The molecule has 0 amide bonds. The van der Waals surface area contributed by atoms with E-state index in [1.807, 2.05) is 17.9 Å². The van der Waals surface area contributed by atoms with Gasteiger partial charge in [0.15, 0.2) is 0 Å². The van der Waals surface area contributed by atoms with E-state index in [2.05, 4.69) is 22.6 Å². The number of hydrogen-bond donors (Lipinski definition) is 1. The van der Waals surface area contributed by atoms with Crippen molar-refractivity contribution in [2.45, 2.75) is 64.8 Å². The highest BCUT2D eigenvalue weighted by Gasteiger charge is 1.98. The quantitative estimate of drug-likeness (QED) is 0.616. The third-order valence-corrected chi connectivity index (χ3v) is 3.32. The van der Waals surface area contributed by atoms with Crippen LogP contribution in [0.3, 0.4) is 0 Å². The number of rotatable bonds is 11. The Morgan fingerprint density at radius 2 is 1.72 bits per heavy atom. The Morgan fingerprint density at radius 3 is 2.33 bits per heavy atom. The maximum atomic E-state index is 3.91. The van der Waals surface area contributed by atoms with Crippen molar-refractivity contribution < 1.29 is 0 Å². The van der Waals surface area contributed by atoms with Crippen LogP contribution < -0.4 is 5.32 Å². The van der Waals surface area contributed by atoms with E-state index >= 15 is 0 Å². The highest BCUT2D eigenvalue weighted by atomic mass is 15.4. The third-order valence-electron chi connectivity index (χ3n) is 3.32. The smallest absolute Gasteiger partial charge is 0.0738 e. The van der Waals surface area contributed by atoms with E-state index < -0.39 is 0 Å². The Bertz CT molecular complexity index is 296. The molecular weight excluding hydrogens is 224 g/mol. The van der Waals surface area contributed by atoms with Gasteiger partial charge in [-0.1, -0.05) is 57.1 Å². The Labute approximate surface area is 111 Å². The molecule has 0 aromatic carbocycles. The SMILES string of the molecule is CCCCCCCCCCNCc1cnnn1C. The van der Waals surface area contributed by atoms with Gasteiger partial charge in [-0.2, -0.15) is 0 Å². The fraction of sp³-hybridized carbons (Fsp3) is 0.857. The van der Waals surface area contributed by atoms with Gasteiger partial charge in [-0.05, 0) is 13.0 Å². The Balaban J connectivity index is 1.83. The van der Waals surface area contributed by atoms with Crippen LogP contribution in [0, 0.1) is 0 Å². The molecule has 0 aliphatic rings. The summed E-state index contributed by atoms with van der Waals surface area (Å²) < 4.78 is 1.82. The second kappa shape index (κ2) is 10.1. The minimum Gasteiger partial charge on any atom is -0.311 e. The molecule has 0 saturated carbocycles. The summed E-state index contributed by atoms with van der Waals surface area (Å²) in [5, 5.41) is 11.2. The van der Waals surface area contributed by atoms with Gasteiger partial charge in [-0.3, -0.25) is 4.68 Å². The second-order valence-electron chi connectivity index (χ2n) is 5.00. The van der Waals surface area contributed by atoms with Crippen LogP contribution in [0.5, 0.6) is 0 Å². The zero-order valence-electron chi connectivity index (χ0n) is 12.0. The molecule has 0 radical (unpaired) electrons. The van der Waals surface area contributed by atoms with E-state index in [0.29, 0.717) is 0 Å². The predicted molar refractivity (Wildman–Crippen MR) is 75.3 cm³/mol. The van der Waals surface area contributed by atoms with Crippen molar-refractivity contribution in [1.29, 1.82) is 0 Å². The van der Waals surface area contributed by atoms with E-state index in [1.165, 1.54) is 51.4 Å². The summed E-state index contributed by atoms with van der Waals surface area (Å²) in [5.41, 5.74) is 1.15. The molecule has 18 heavy (non-hydrogen) atoms. The molecule has 0 spiro atoms. The zero-order chi connectivity index (χ0) is 13.1. The van der Waals surface area contributed by atoms with Crippen LogP contribution in [-0.4, -0.2) is 21.5 Å². The molecule has 1 aromatic heterocycles. The van der Waals surface area contributed by atoms with E-state index in [-0.39, 0.29) is 0 Å². The van der Waals surface area contributed by atoms with Crippen LogP contribution in [0.15, 0.2) is 6.20 Å². The first kappa shape index (κ1) is 15.2. The van der Waals surface area contributed by atoms with Crippen LogP contribution in [0.4, 0.5) is 0 Å². The maximum absolute atomic E-state index is 3.91. The van der Waals surface area contributed by atoms with Gasteiger partial charge in [-0.25, -0.2) is 0 Å². The van der Waals surface area contributed by atoms with E-state index in [0.717, 1.165) is 18.8 Å². The standard InChI is InChI=1S/C14H28N4/c1-3-4-5-6-7-8-9-10-11-15-12-14-13-16-17-18(14)2/h13,15H,3-12H2,1-2H3. The molecule has 0 fully saturated rings. The van der Waals surface area contributed by atoms with Gasteiger partial charge in [-0.15, -0.1) is 5.10 Å². The molecule has 1 aromatic rings. The van der Waals surface area contributed by atoms with Gasteiger partial charge in [0.1, 0.15) is 0 Å². The van der Waals surface area contributed by atoms with Gasteiger partial charge < -0.3 is 5.32 Å². The molecule has 0 saturated heterocycles. The summed E-state index contributed by atoms with van der Waals surface area (Å²) >= 11 is 0. The first-order valence-electron chi connectivity index (χ1n) is 7.39. The van der Waals surface area contributed by atoms with Crippen LogP contribution in [-0.2, 0) is 13.6 Å². The predicted octanol–water partition coefficient (Wildman–Crippen LogP) is 3.05. The molecule has 0 atom stereocenters. The summed E-state index contributed by atoms with van der Waals surface area (Å²) in [5.74, 6) is 0. The van der Waals surface area contributed by atoms with E-state index in [4.69, 9.17) is 0 Å². The summed E-state index contributed by atoms with van der Waals surface area (Å²) in [6, 6.07) is 0. The van der Waals surface area contributed by atoms with Crippen molar-refractivity contribution in [1.82, 2.24) is 20.3 Å². The molecular formula is C14H28N4. The van der Waals surface area contributed by atoms with Crippen molar-refractivity contribution in [3.8, 4) is 0 Å². The van der Waals surface area contributed by atoms with Crippen molar-refractivity contribution >= 4 is 0 Å². The molecule has 0 aliphatic heterocycles. The van der Waals surface area contributed by atoms with Crippen molar-refractivity contribution in [2.24, 2.45) is 7.05 Å². The van der Waals surface area contributed by atoms with Crippen molar-refractivity contribution in [3.05, 3.63) is 11.9 Å². The number of unbranched alkanes of at least 4 members (excludes halogenated alkanes) is 7. The highest BCUT2D eigenvalue weighted by Crippen LogP contribution is 2.07. The summed E-state index contributed by atoms with van der Waals surface area (Å²) in [6.45, 7) is 4.24. The van der Waals surface area contributed by atoms with Crippen LogP contribution in [0.25, 0.3) is 0 Å². The molecule has 104 valence electrons. The number of nitrogens with zero attached hydrogens (tertiary/aromatic N) is 3. The first-order chi connectivity index (χ1) is 8.84. The number of aryl methyl sites for hydroxylation is 1. The van der Waals surface area contributed by atoms with Gasteiger partial charge in [0, 0.05) is 13.6 Å². The molecule has 1 rings (SSSR count). The molecule has 0 aliphatic carbocycles. The Hall–Kier alpha value is -0.900. The monoisotopic (exact) mass is 252 g/mol. The zero-order valence-corrected chi connectivity index (χ0v) is 12.0. The highest BCUT2D eigenvalue weighted by molar-refractivity contribution is 4.91. The maximum Gasteiger partial charge on any atom is 0.0738 e. The fourth-order valence-electron chi connectivity index (χ4n) is 2.07. The van der Waals surface area contributed by atoms with Crippen molar-refractivity contribution in [2.75, 3.05) is 6.54 Å². The minimum absolute atomic E-state index is 0.875. The van der Waals surface area contributed by atoms with Gasteiger partial charge in [0.2, 0.25) is 0 Å². The Kier molecular flexibility index (Phi) is 8.47. The van der Waals surface area contributed by atoms with E-state index in [1.54, 1.807) is 0 Å².